The molecule has 0 saturated heterocycles. The van der Waals surface area contributed by atoms with Crippen LogP contribution in [0.1, 0.15) is 25.3 Å². The van der Waals surface area contributed by atoms with E-state index in [9.17, 15) is 10.2 Å². The molecule has 2 nitrogen and oxygen atoms in total. The summed E-state index contributed by atoms with van der Waals surface area (Å²) >= 11 is 4.09. The SMILES string of the molecule is CC(C)c1cc(S)cc(O)c1O. The molecular weight excluding hydrogens is 172 g/mol. The molecule has 1 rings (SSSR count). The van der Waals surface area contributed by atoms with Crippen LogP contribution in [0.25, 0.3) is 0 Å². The van der Waals surface area contributed by atoms with Gasteiger partial charge in [0.05, 0.1) is 0 Å². The summed E-state index contributed by atoms with van der Waals surface area (Å²) in [5.74, 6) is 0.0389. The monoisotopic (exact) mass is 184 g/mol. The first kappa shape index (κ1) is 9.26. The number of phenolic OH excluding ortho intramolecular Hbond substituents is 2. The highest BCUT2D eigenvalue weighted by molar-refractivity contribution is 7.80. The molecule has 12 heavy (non-hydrogen) atoms. The molecule has 0 aliphatic rings. The minimum absolute atomic E-state index is 0.0391. The molecule has 0 atom stereocenters. The van der Waals surface area contributed by atoms with Crippen molar-refractivity contribution in [2.24, 2.45) is 0 Å². The molecular formula is C9H12O2S. The normalized spacial score (nSPS) is 10.7. The van der Waals surface area contributed by atoms with Crippen LogP contribution in [-0.2, 0) is 0 Å². The van der Waals surface area contributed by atoms with Crippen molar-refractivity contribution in [2.45, 2.75) is 24.7 Å². The molecule has 0 radical (unpaired) electrons. The van der Waals surface area contributed by atoms with E-state index in [2.05, 4.69) is 12.6 Å². The fraction of sp³-hybridized carbons (Fsp3) is 0.333. The molecule has 0 saturated carbocycles. The highest BCUT2D eigenvalue weighted by Gasteiger charge is 2.10. The zero-order chi connectivity index (χ0) is 9.30. The lowest BCUT2D eigenvalue weighted by Crippen LogP contribution is -1.88. The van der Waals surface area contributed by atoms with Gasteiger partial charge < -0.3 is 10.2 Å². The molecule has 0 aliphatic carbocycles. The molecule has 0 bridgehead atoms. The van der Waals surface area contributed by atoms with Crippen molar-refractivity contribution in [3.05, 3.63) is 17.7 Å². The molecule has 0 aromatic heterocycles. The third-order valence-corrected chi connectivity index (χ3v) is 1.98. The summed E-state index contributed by atoms with van der Waals surface area (Å²) in [6, 6.07) is 3.17. The summed E-state index contributed by atoms with van der Waals surface area (Å²) in [5, 5.41) is 18.6. The van der Waals surface area contributed by atoms with Crippen LogP contribution in [0.2, 0.25) is 0 Å². The summed E-state index contributed by atoms with van der Waals surface area (Å²) in [6.45, 7) is 3.89. The quantitative estimate of drug-likeness (QED) is 0.463. The number of aromatic hydroxyl groups is 2. The van der Waals surface area contributed by atoms with Gasteiger partial charge in [0.25, 0.3) is 0 Å². The third kappa shape index (κ3) is 1.67. The molecule has 2 N–H and O–H groups in total. The largest absolute Gasteiger partial charge is 0.504 e. The van der Waals surface area contributed by atoms with E-state index in [4.69, 9.17) is 0 Å². The third-order valence-electron chi connectivity index (χ3n) is 1.73. The highest BCUT2D eigenvalue weighted by atomic mass is 32.1. The second-order valence-electron chi connectivity index (χ2n) is 3.06. The Morgan fingerprint density at radius 2 is 1.83 bits per heavy atom. The van der Waals surface area contributed by atoms with Crippen molar-refractivity contribution in [1.29, 1.82) is 0 Å². The molecule has 0 heterocycles. The Labute approximate surface area is 77.3 Å². The van der Waals surface area contributed by atoms with E-state index < -0.39 is 0 Å². The number of thiol groups is 1. The molecule has 0 amide bonds. The van der Waals surface area contributed by atoms with Gasteiger partial charge in [-0.25, -0.2) is 0 Å². The van der Waals surface area contributed by atoms with Crippen LogP contribution in [-0.4, -0.2) is 10.2 Å². The minimum Gasteiger partial charge on any atom is -0.504 e. The van der Waals surface area contributed by atoms with E-state index in [1.807, 2.05) is 13.8 Å². The van der Waals surface area contributed by atoms with E-state index in [0.717, 1.165) is 5.56 Å². The maximum Gasteiger partial charge on any atom is 0.161 e. The van der Waals surface area contributed by atoms with Crippen molar-refractivity contribution >= 4 is 12.6 Å². The molecule has 66 valence electrons. The van der Waals surface area contributed by atoms with E-state index in [1.54, 1.807) is 6.07 Å². The lowest BCUT2D eigenvalue weighted by molar-refractivity contribution is 0.396. The van der Waals surface area contributed by atoms with Crippen LogP contribution in [0.15, 0.2) is 17.0 Å². The molecule has 0 aliphatic heterocycles. The van der Waals surface area contributed by atoms with Crippen LogP contribution >= 0.6 is 12.6 Å². The van der Waals surface area contributed by atoms with Gasteiger partial charge in [0.2, 0.25) is 0 Å². The van der Waals surface area contributed by atoms with Crippen molar-refractivity contribution < 1.29 is 10.2 Å². The van der Waals surface area contributed by atoms with E-state index in [1.165, 1.54) is 6.07 Å². The summed E-state index contributed by atoms with van der Waals surface area (Å²) in [7, 11) is 0. The topological polar surface area (TPSA) is 40.5 Å². The number of benzene rings is 1. The maximum atomic E-state index is 9.41. The first-order valence-electron chi connectivity index (χ1n) is 3.77. The minimum atomic E-state index is -0.105. The standard InChI is InChI=1S/C9H12O2S/c1-5(2)7-3-6(12)4-8(10)9(7)11/h3-5,10-12H,1-2H3. The van der Waals surface area contributed by atoms with Gasteiger partial charge in [-0.2, -0.15) is 0 Å². The van der Waals surface area contributed by atoms with E-state index in [-0.39, 0.29) is 17.4 Å². The van der Waals surface area contributed by atoms with Gasteiger partial charge in [-0.3, -0.25) is 0 Å². The predicted octanol–water partition coefficient (Wildman–Crippen LogP) is 2.51. The second kappa shape index (κ2) is 3.27. The second-order valence-corrected chi connectivity index (χ2v) is 3.57. The number of rotatable bonds is 1. The molecule has 1 aromatic carbocycles. The number of hydrogen-bond acceptors (Lipinski definition) is 3. The predicted molar refractivity (Wildman–Crippen MR) is 51.1 cm³/mol. The van der Waals surface area contributed by atoms with Crippen LogP contribution in [0.5, 0.6) is 11.5 Å². The molecule has 3 heteroatoms. The Balaban J connectivity index is 3.28. The fourth-order valence-corrected chi connectivity index (χ4v) is 1.33. The van der Waals surface area contributed by atoms with Crippen molar-refractivity contribution in [3.8, 4) is 11.5 Å². The number of phenols is 2. The van der Waals surface area contributed by atoms with Crippen LogP contribution in [0, 0.1) is 0 Å². The van der Waals surface area contributed by atoms with Gasteiger partial charge in [0.1, 0.15) is 0 Å². The van der Waals surface area contributed by atoms with Crippen LogP contribution < -0.4 is 0 Å². The van der Waals surface area contributed by atoms with Gasteiger partial charge >= 0.3 is 0 Å². The lowest BCUT2D eigenvalue weighted by Gasteiger charge is -2.09. The Hall–Kier alpha value is -0.830. The Morgan fingerprint density at radius 1 is 1.25 bits per heavy atom. The average Bonchev–Trinajstić information content (AvgIpc) is 1.96. The van der Waals surface area contributed by atoms with Gasteiger partial charge in [-0.1, -0.05) is 13.8 Å². The fourth-order valence-electron chi connectivity index (χ4n) is 1.07. The molecule has 0 spiro atoms. The molecule has 0 unspecified atom stereocenters. The van der Waals surface area contributed by atoms with Gasteiger partial charge in [0.15, 0.2) is 11.5 Å². The van der Waals surface area contributed by atoms with Crippen LogP contribution in [0.4, 0.5) is 0 Å². The Kier molecular flexibility index (Phi) is 2.52. The van der Waals surface area contributed by atoms with Crippen molar-refractivity contribution in [2.75, 3.05) is 0 Å². The van der Waals surface area contributed by atoms with Gasteiger partial charge in [-0.05, 0) is 18.1 Å². The van der Waals surface area contributed by atoms with E-state index >= 15 is 0 Å². The highest BCUT2D eigenvalue weighted by Crippen LogP contribution is 2.35. The number of hydrogen-bond donors (Lipinski definition) is 3. The van der Waals surface area contributed by atoms with Gasteiger partial charge in [0, 0.05) is 10.5 Å². The Bertz CT molecular complexity index is 295. The van der Waals surface area contributed by atoms with Gasteiger partial charge in [-0.15, -0.1) is 12.6 Å². The first-order valence-corrected chi connectivity index (χ1v) is 4.22. The van der Waals surface area contributed by atoms with E-state index in [0.29, 0.717) is 4.90 Å². The first-order chi connectivity index (χ1) is 5.52. The molecule has 1 aromatic rings. The summed E-state index contributed by atoms with van der Waals surface area (Å²) in [4.78, 5) is 0.661. The maximum absolute atomic E-state index is 9.41. The van der Waals surface area contributed by atoms with Crippen LogP contribution in [0.3, 0.4) is 0 Å². The smallest absolute Gasteiger partial charge is 0.161 e. The summed E-state index contributed by atoms with van der Waals surface area (Å²) in [6.07, 6.45) is 0. The molecule has 0 fully saturated rings. The summed E-state index contributed by atoms with van der Waals surface area (Å²) in [5.41, 5.74) is 0.722. The zero-order valence-corrected chi connectivity index (χ0v) is 7.97. The van der Waals surface area contributed by atoms with Crippen molar-refractivity contribution in [1.82, 2.24) is 0 Å². The van der Waals surface area contributed by atoms with Crippen molar-refractivity contribution in [3.63, 3.8) is 0 Å². The summed E-state index contributed by atoms with van der Waals surface area (Å²) < 4.78 is 0. The zero-order valence-electron chi connectivity index (χ0n) is 7.07. The Morgan fingerprint density at radius 3 is 2.33 bits per heavy atom. The lowest BCUT2D eigenvalue weighted by atomic mass is 10.0. The average molecular weight is 184 g/mol.